The second-order valence-corrected chi connectivity index (χ2v) is 6.94. The molecule has 1 amide bonds. The van der Waals surface area contributed by atoms with E-state index < -0.39 is 0 Å². The van der Waals surface area contributed by atoms with Gasteiger partial charge in [0.2, 0.25) is 0 Å². The molecule has 0 bridgehead atoms. The highest BCUT2D eigenvalue weighted by Crippen LogP contribution is 2.26. The maximum atomic E-state index is 11.6. The summed E-state index contributed by atoms with van der Waals surface area (Å²) in [5, 5.41) is 22.1. The molecule has 0 unspecified atom stereocenters. The molecule has 0 aliphatic rings. The molecule has 0 radical (unpaired) electrons. The van der Waals surface area contributed by atoms with E-state index in [0.29, 0.717) is 29.4 Å². The Hall–Kier alpha value is -4.38. The molecule has 3 N–H and O–H groups in total. The Kier molecular flexibility index (Phi) is 5.49. The van der Waals surface area contributed by atoms with Crippen LogP contribution in [0, 0.1) is 18.3 Å². The van der Waals surface area contributed by atoms with Gasteiger partial charge in [0.1, 0.15) is 11.5 Å². The quantitative estimate of drug-likeness (QED) is 0.442. The van der Waals surface area contributed by atoms with Gasteiger partial charge in [0.15, 0.2) is 11.5 Å². The maximum Gasteiger partial charge on any atom is 0.286 e. The predicted octanol–water partition coefficient (Wildman–Crippen LogP) is 3.88. The average Bonchev–Trinajstić information content (AvgIpc) is 3.47. The molecule has 3 aromatic heterocycles. The van der Waals surface area contributed by atoms with Crippen molar-refractivity contribution in [1.82, 2.24) is 20.5 Å². The number of aryl methyl sites for hydroxylation is 1. The fraction of sp³-hybridized carbons (Fsp3) is 0.130. The summed E-state index contributed by atoms with van der Waals surface area (Å²) in [6.07, 6.45) is 1.74. The van der Waals surface area contributed by atoms with Crippen molar-refractivity contribution in [3.05, 3.63) is 77.3 Å². The summed E-state index contributed by atoms with van der Waals surface area (Å²) in [6, 6.07) is 16.9. The molecule has 0 aliphatic heterocycles. The summed E-state index contributed by atoms with van der Waals surface area (Å²) in [5.41, 5.74) is 5.19. The van der Waals surface area contributed by atoms with E-state index in [0.717, 1.165) is 22.4 Å². The monoisotopic (exact) mass is 412 g/mol. The van der Waals surface area contributed by atoms with E-state index in [1.165, 1.54) is 0 Å². The van der Waals surface area contributed by atoms with Gasteiger partial charge in [-0.15, -0.1) is 0 Å². The van der Waals surface area contributed by atoms with Crippen LogP contribution in [-0.4, -0.2) is 28.1 Å². The largest absolute Gasteiger partial charge is 0.449 e. The van der Waals surface area contributed by atoms with Gasteiger partial charge in [-0.05, 0) is 66.1 Å². The van der Waals surface area contributed by atoms with Gasteiger partial charge in [0.05, 0.1) is 23.9 Å². The number of carbonyl (C=O) groups excluding carboxylic acids is 1. The summed E-state index contributed by atoms with van der Waals surface area (Å²) < 4.78 is 5.55. The van der Waals surface area contributed by atoms with E-state index in [1.54, 1.807) is 25.4 Å². The molecule has 0 spiro atoms. The standard InChI is InChI=1S/C23H20N6O2/c1-14-9-15(12-24)3-4-18(14)16-7-8-26-22(10-16)27-13-17-11-19(29-28-17)20-5-6-21(31-20)23(30)25-2/h3-11H,13H2,1-2H3,(H,25,30)(H,26,27)(H,28,29). The van der Waals surface area contributed by atoms with Crippen LogP contribution in [0.3, 0.4) is 0 Å². The van der Waals surface area contributed by atoms with Crippen LogP contribution in [0.25, 0.3) is 22.6 Å². The van der Waals surface area contributed by atoms with Gasteiger partial charge in [-0.1, -0.05) is 6.07 Å². The molecule has 8 heteroatoms. The van der Waals surface area contributed by atoms with Crippen molar-refractivity contribution in [3.8, 4) is 28.7 Å². The minimum atomic E-state index is -0.281. The molecule has 0 saturated carbocycles. The van der Waals surface area contributed by atoms with E-state index in [9.17, 15) is 4.79 Å². The molecule has 31 heavy (non-hydrogen) atoms. The lowest BCUT2D eigenvalue weighted by Gasteiger charge is -2.09. The number of pyridine rings is 1. The SMILES string of the molecule is CNC(=O)c1ccc(-c2cc(CNc3cc(-c4ccc(C#N)cc4C)ccn3)n[nH]2)o1. The molecule has 8 nitrogen and oxygen atoms in total. The van der Waals surface area contributed by atoms with Gasteiger partial charge < -0.3 is 15.1 Å². The van der Waals surface area contributed by atoms with Crippen LogP contribution in [-0.2, 0) is 6.54 Å². The molecule has 0 atom stereocenters. The molecular formula is C23H20N6O2. The van der Waals surface area contributed by atoms with Crippen LogP contribution >= 0.6 is 0 Å². The highest BCUT2D eigenvalue weighted by Gasteiger charge is 2.13. The minimum Gasteiger partial charge on any atom is -0.449 e. The van der Waals surface area contributed by atoms with Crippen molar-refractivity contribution in [1.29, 1.82) is 5.26 Å². The third-order valence-electron chi connectivity index (χ3n) is 4.83. The third-order valence-corrected chi connectivity index (χ3v) is 4.83. The minimum absolute atomic E-state index is 0.242. The molecule has 0 aliphatic carbocycles. The van der Waals surface area contributed by atoms with Gasteiger partial charge >= 0.3 is 0 Å². The smallest absolute Gasteiger partial charge is 0.286 e. The fourth-order valence-electron chi connectivity index (χ4n) is 3.24. The Morgan fingerprint density at radius 1 is 1.19 bits per heavy atom. The van der Waals surface area contributed by atoms with Crippen molar-refractivity contribution in [3.63, 3.8) is 0 Å². The van der Waals surface area contributed by atoms with E-state index in [2.05, 4.69) is 31.9 Å². The fourth-order valence-corrected chi connectivity index (χ4v) is 3.24. The molecule has 3 heterocycles. The summed E-state index contributed by atoms with van der Waals surface area (Å²) in [4.78, 5) is 16.0. The van der Waals surface area contributed by atoms with E-state index >= 15 is 0 Å². The summed E-state index contributed by atoms with van der Waals surface area (Å²) in [7, 11) is 1.55. The summed E-state index contributed by atoms with van der Waals surface area (Å²) in [5.74, 6) is 1.21. The highest BCUT2D eigenvalue weighted by atomic mass is 16.4. The van der Waals surface area contributed by atoms with E-state index in [-0.39, 0.29) is 11.7 Å². The molecule has 154 valence electrons. The number of nitrogens with zero attached hydrogens (tertiary/aromatic N) is 3. The van der Waals surface area contributed by atoms with E-state index in [1.807, 2.05) is 43.3 Å². The first-order valence-electron chi connectivity index (χ1n) is 9.65. The lowest BCUT2D eigenvalue weighted by atomic mass is 9.99. The number of carbonyl (C=O) groups is 1. The first-order chi connectivity index (χ1) is 15.1. The number of nitrogens with one attached hydrogen (secondary N) is 3. The number of nitriles is 1. The van der Waals surface area contributed by atoms with Crippen LogP contribution in [0.4, 0.5) is 5.82 Å². The number of amides is 1. The van der Waals surface area contributed by atoms with E-state index in [4.69, 9.17) is 9.68 Å². The normalized spacial score (nSPS) is 10.5. The van der Waals surface area contributed by atoms with Crippen molar-refractivity contribution < 1.29 is 9.21 Å². The number of rotatable bonds is 6. The zero-order valence-corrected chi connectivity index (χ0v) is 17.1. The first kappa shape index (κ1) is 19.9. The van der Waals surface area contributed by atoms with Gasteiger partial charge in [0.25, 0.3) is 5.91 Å². The number of anilines is 1. The van der Waals surface area contributed by atoms with Crippen LogP contribution in [0.1, 0.15) is 27.4 Å². The maximum absolute atomic E-state index is 11.6. The Bertz CT molecular complexity index is 1280. The van der Waals surface area contributed by atoms with Crippen molar-refractivity contribution in [2.45, 2.75) is 13.5 Å². The molecule has 1 aromatic carbocycles. The molecule has 0 fully saturated rings. The number of H-pyrrole nitrogens is 1. The van der Waals surface area contributed by atoms with Gasteiger partial charge in [-0.25, -0.2) is 4.98 Å². The molecular weight excluding hydrogens is 392 g/mol. The summed E-state index contributed by atoms with van der Waals surface area (Å²) in [6.45, 7) is 2.45. The van der Waals surface area contributed by atoms with Gasteiger partial charge in [0, 0.05) is 13.2 Å². The Morgan fingerprint density at radius 3 is 2.84 bits per heavy atom. The zero-order valence-electron chi connectivity index (χ0n) is 17.1. The Balaban J connectivity index is 1.46. The van der Waals surface area contributed by atoms with Gasteiger partial charge in [-0.3, -0.25) is 9.89 Å². The van der Waals surface area contributed by atoms with Crippen LogP contribution < -0.4 is 10.6 Å². The van der Waals surface area contributed by atoms with Crippen LogP contribution in [0.2, 0.25) is 0 Å². The number of furan rings is 1. The zero-order chi connectivity index (χ0) is 21.8. The lowest BCUT2D eigenvalue weighted by molar-refractivity contribution is 0.0936. The number of aromatic amines is 1. The Labute approximate surface area is 178 Å². The highest BCUT2D eigenvalue weighted by molar-refractivity contribution is 5.91. The predicted molar refractivity (Wildman–Crippen MR) is 116 cm³/mol. The van der Waals surface area contributed by atoms with Crippen molar-refractivity contribution >= 4 is 11.7 Å². The van der Waals surface area contributed by atoms with Crippen LogP contribution in [0.15, 0.2) is 59.1 Å². The number of hydrogen-bond acceptors (Lipinski definition) is 6. The topological polar surface area (TPSA) is 120 Å². The summed E-state index contributed by atoms with van der Waals surface area (Å²) >= 11 is 0. The first-order valence-corrected chi connectivity index (χ1v) is 9.65. The van der Waals surface area contributed by atoms with Crippen LogP contribution in [0.5, 0.6) is 0 Å². The number of benzene rings is 1. The third kappa shape index (κ3) is 4.31. The van der Waals surface area contributed by atoms with Crippen molar-refractivity contribution in [2.75, 3.05) is 12.4 Å². The number of hydrogen-bond donors (Lipinski definition) is 3. The van der Waals surface area contributed by atoms with Crippen molar-refractivity contribution in [2.24, 2.45) is 0 Å². The molecule has 4 aromatic rings. The average molecular weight is 412 g/mol. The lowest BCUT2D eigenvalue weighted by Crippen LogP contribution is -2.16. The number of aromatic nitrogens is 3. The van der Waals surface area contributed by atoms with Gasteiger partial charge in [-0.2, -0.15) is 10.4 Å². The molecule has 0 saturated heterocycles. The Morgan fingerprint density at radius 2 is 2.06 bits per heavy atom. The second-order valence-electron chi connectivity index (χ2n) is 6.94. The second kappa shape index (κ2) is 8.55. The molecule has 4 rings (SSSR count).